The number of para-hydroxylation sites is 1. The molecule has 0 aromatic heterocycles. The van der Waals surface area contributed by atoms with Crippen molar-refractivity contribution in [3.05, 3.63) is 29.8 Å². The third kappa shape index (κ3) is 2.30. The van der Waals surface area contributed by atoms with Crippen LogP contribution in [0, 0.1) is 0 Å². The molecule has 0 radical (unpaired) electrons. The smallest absolute Gasteiger partial charge is 0.323 e. The number of rotatable bonds is 1. The van der Waals surface area contributed by atoms with Gasteiger partial charge in [0, 0.05) is 5.69 Å². The number of esters is 1. The van der Waals surface area contributed by atoms with E-state index in [0.717, 1.165) is 0 Å². The summed E-state index contributed by atoms with van der Waals surface area (Å²) in [6.07, 6.45) is 0. The Morgan fingerprint density at radius 2 is 1.94 bits per heavy atom. The molecule has 1 atom stereocenters. The van der Waals surface area contributed by atoms with Crippen LogP contribution in [0.3, 0.4) is 0 Å². The topological polar surface area (TPSA) is 55.4 Å². The molecule has 1 aliphatic rings. The van der Waals surface area contributed by atoms with E-state index in [9.17, 15) is 9.59 Å². The Kier molecular flexibility index (Phi) is 2.65. The van der Waals surface area contributed by atoms with Gasteiger partial charge in [-0.25, -0.2) is 0 Å². The Morgan fingerprint density at radius 3 is 2.59 bits per heavy atom. The lowest BCUT2D eigenvalue weighted by molar-refractivity contribution is -0.157. The van der Waals surface area contributed by atoms with Crippen LogP contribution in [-0.4, -0.2) is 17.5 Å². The van der Waals surface area contributed by atoms with Crippen molar-refractivity contribution in [2.45, 2.75) is 32.3 Å². The van der Waals surface area contributed by atoms with Gasteiger partial charge < -0.3 is 10.1 Å². The summed E-state index contributed by atoms with van der Waals surface area (Å²) in [6, 6.07) is 7.16. The summed E-state index contributed by atoms with van der Waals surface area (Å²) in [5, 5.41) is 2.67. The molecule has 4 heteroatoms. The van der Waals surface area contributed by atoms with Gasteiger partial charge in [-0.3, -0.25) is 9.59 Å². The molecular formula is C13H15NO3. The van der Waals surface area contributed by atoms with E-state index in [-0.39, 0.29) is 5.91 Å². The highest BCUT2D eigenvalue weighted by molar-refractivity contribution is 6.14. The number of nitrogens with one attached hydrogen (secondary N) is 1. The van der Waals surface area contributed by atoms with Gasteiger partial charge in [0.2, 0.25) is 5.91 Å². The van der Waals surface area contributed by atoms with Crippen molar-refractivity contribution in [1.82, 2.24) is 0 Å². The minimum Gasteiger partial charge on any atom is -0.459 e. The van der Waals surface area contributed by atoms with Crippen LogP contribution >= 0.6 is 0 Å². The van der Waals surface area contributed by atoms with Gasteiger partial charge in [-0.05, 0) is 32.4 Å². The number of carbonyl (C=O) groups excluding carboxylic acids is 2. The molecule has 1 N–H and O–H groups in total. The summed E-state index contributed by atoms with van der Waals surface area (Å²) in [4.78, 5) is 23.7. The molecule has 0 saturated heterocycles. The van der Waals surface area contributed by atoms with E-state index in [0.29, 0.717) is 11.3 Å². The number of anilines is 1. The van der Waals surface area contributed by atoms with E-state index >= 15 is 0 Å². The first-order valence-electron chi connectivity index (χ1n) is 5.51. The monoisotopic (exact) mass is 233 g/mol. The van der Waals surface area contributed by atoms with Gasteiger partial charge in [0.25, 0.3) is 0 Å². The van der Waals surface area contributed by atoms with Gasteiger partial charge in [-0.1, -0.05) is 18.2 Å². The van der Waals surface area contributed by atoms with Gasteiger partial charge in [0.1, 0.15) is 5.60 Å². The van der Waals surface area contributed by atoms with Crippen LogP contribution in [0.25, 0.3) is 0 Å². The summed E-state index contributed by atoms with van der Waals surface area (Å²) in [6.45, 7) is 5.34. The first-order valence-corrected chi connectivity index (χ1v) is 5.51. The van der Waals surface area contributed by atoms with Crippen LogP contribution in [0.5, 0.6) is 0 Å². The van der Waals surface area contributed by atoms with Gasteiger partial charge in [-0.2, -0.15) is 0 Å². The molecular weight excluding hydrogens is 218 g/mol. The van der Waals surface area contributed by atoms with Gasteiger partial charge in [-0.15, -0.1) is 0 Å². The third-order valence-corrected chi connectivity index (χ3v) is 2.43. The molecule has 1 unspecified atom stereocenters. The number of benzene rings is 1. The van der Waals surface area contributed by atoms with Crippen molar-refractivity contribution < 1.29 is 14.3 Å². The van der Waals surface area contributed by atoms with Crippen LogP contribution in [0.15, 0.2) is 24.3 Å². The number of amides is 1. The summed E-state index contributed by atoms with van der Waals surface area (Å²) in [7, 11) is 0. The van der Waals surface area contributed by atoms with Crippen LogP contribution in [0.1, 0.15) is 32.3 Å². The number of carbonyl (C=O) groups is 2. The second-order valence-corrected chi connectivity index (χ2v) is 5.04. The minimum atomic E-state index is -0.842. The zero-order valence-electron chi connectivity index (χ0n) is 10.1. The fourth-order valence-electron chi connectivity index (χ4n) is 1.80. The molecule has 1 aromatic rings. The first kappa shape index (κ1) is 11.6. The van der Waals surface area contributed by atoms with Crippen LogP contribution in [0.4, 0.5) is 5.69 Å². The Labute approximate surface area is 100.0 Å². The minimum absolute atomic E-state index is 0.319. The SMILES string of the molecule is CC(C)(C)OC(=O)C1C(=O)Nc2ccccc21. The zero-order valence-corrected chi connectivity index (χ0v) is 10.1. The second-order valence-electron chi connectivity index (χ2n) is 5.04. The molecule has 1 heterocycles. The summed E-state index contributed by atoms with van der Waals surface area (Å²) >= 11 is 0. The number of ether oxygens (including phenoxy) is 1. The van der Waals surface area contributed by atoms with Gasteiger partial charge in [0.15, 0.2) is 5.92 Å². The van der Waals surface area contributed by atoms with E-state index in [4.69, 9.17) is 4.74 Å². The quantitative estimate of drug-likeness (QED) is 0.596. The number of fused-ring (bicyclic) bond motifs is 1. The molecule has 90 valence electrons. The van der Waals surface area contributed by atoms with Gasteiger partial charge in [0.05, 0.1) is 0 Å². The Balaban J connectivity index is 2.28. The largest absolute Gasteiger partial charge is 0.459 e. The average Bonchev–Trinajstić information content (AvgIpc) is 2.50. The normalized spacial score (nSPS) is 18.5. The van der Waals surface area contributed by atoms with Crippen molar-refractivity contribution in [3.8, 4) is 0 Å². The van der Waals surface area contributed by atoms with E-state index in [1.54, 1.807) is 39.0 Å². The van der Waals surface area contributed by atoms with Crippen molar-refractivity contribution in [2.75, 3.05) is 5.32 Å². The highest BCUT2D eigenvalue weighted by Gasteiger charge is 2.38. The summed E-state index contributed by atoms with van der Waals surface area (Å²) in [5.41, 5.74) is 0.787. The lowest BCUT2D eigenvalue weighted by Gasteiger charge is -2.21. The van der Waals surface area contributed by atoms with Crippen molar-refractivity contribution >= 4 is 17.6 Å². The molecule has 1 amide bonds. The van der Waals surface area contributed by atoms with E-state index in [1.807, 2.05) is 6.07 Å². The molecule has 1 aromatic carbocycles. The lowest BCUT2D eigenvalue weighted by Crippen LogP contribution is -2.30. The fourth-order valence-corrected chi connectivity index (χ4v) is 1.80. The Morgan fingerprint density at radius 1 is 1.29 bits per heavy atom. The Hall–Kier alpha value is -1.84. The van der Waals surface area contributed by atoms with Crippen LogP contribution in [0.2, 0.25) is 0 Å². The highest BCUT2D eigenvalue weighted by atomic mass is 16.6. The third-order valence-electron chi connectivity index (χ3n) is 2.43. The van der Waals surface area contributed by atoms with Crippen molar-refractivity contribution in [2.24, 2.45) is 0 Å². The molecule has 4 nitrogen and oxygen atoms in total. The maximum atomic E-state index is 12.0. The molecule has 1 aliphatic heterocycles. The maximum Gasteiger partial charge on any atom is 0.323 e. The average molecular weight is 233 g/mol. The van der Waals surface area contributed by atoms with E-state index < -0.39 is 17.5 Å². The zero-order chi connectivity index (χ0) is 12.6. The molecule has 0 bridgehead atoms. The van der Waals surface area contributed by atoms with E-state index in [1.165, 1.54) is 0 Å². The standard InChI is InChI=1S/C13H15NO3/c1-13(2,3)17-12(16)10-8-6-4-5-7-9(8)14-11(10)15/h4-7,10H,1-3H3,(H,14,15). The predicted molar refractivity (Wildman–Crippen MR) is 63.7 cm³/mol. The number of hydrogen-bond acceptors (Lipinski definition) is 3. The van der Waals surface area contributed by atoms with E-state index in [2.05, 4.69) is 5.32 Å². The van der Waals surface area contributed by atoms with Gasteiger partial charge >= 0.3 is 5.97 Å². The molecule has 0 spiro atoms. The summed E-state index contributed by atoms with van der Waals surface area (Å²) in [5.74, 6) is -1.66. The van der Waals surface area contributed by atoms with Crippen LogP contribution in [-0.2, 0) is 14.3 Å². The van der Waals surface area contributed by atoms with Crippen molar-refractivity contribution in [1.29, 1.82) is 0 Å². The number of hydrogen-bond donors (Lipinski definition) is 1. The Bertz CT molecular complexity index is 474. The molecule has 0 aliphatic carbocycles. The fraction of sp³-hybridized carbons (Fsp3) is 0.385. The van der Waals surface area contributed by atoms with Crippen LogP contribution < -0.4 is 5.32 Å². The highest BCUT2D eigenvalue weighted by Crippen LogP contribution is 2.33. The second kappa shape index (κ2) is 3.87. The summed E-state index contributed by atoms with van der Waals surface area (Å²) < 4.78 is 5.25. The lowest BCUT2D eigenvalue weighted by atomic mass is 10.0. The molecule has 2 rings (SSSR count). The molecule has 17 heavy (non-hydrogen) atoms. The predicted octanol–water partition coefficient (Wildman–Crippen LogP) is 2.06. The first-order chi connectivity index (χ1) is 7.88. The molecule has 0 fully saturated rings. The molecule has 0 saturated carbocycles. The maximum absolute atomic E-state index is 12.0. The van der Waals surface area contributed by atoms with Crippen molar-refractivity contribution in [3.63, 3.8) is 0 Å².